The number of para-hydroxylation sites is 1. The van der Waals surface area contributed by atoms with Crippen LogP contribution in [0.15, 0.2) is 18.2 Å². The number of rotatable bonds is 3. The van der Waals surface area contributed by atoms with Gasteiger partial charge in [0.25, 0.3) is 0 Å². The average molecular weight is 234 g/mol. The molecule has 3 rings (SSSR count). The van der Waals surface area contributed by atoms with E-state index in [1.807, 2.05) is 12.1 Å². The van der Waals surface area contributed by atoms with Crippen molar-refractivity contribution >= 4 is 23.3 Å². The molecule has 0 radical (unpaired) electrons. The van der Waals surface area contributed by atoms with Crippen LogP contribution in [0.3, 0.4) is 0 Å². The molecule has 1 N–H and O–H groups in total. The summed E-state index contributed by atoms with van der Waals surface area (Å²) in [6, 6.07) is 6.05. The fraction of sp³-hybridized carbons (Fsp3) is 0.417. The average Bonchev–Trinajstić information content (AvgIpc) is 3.04. The molecule has 0 unspecified atom stereocenters. The van der Waals surface area contributed by atoms with E-state index in [0.717, 1.165) is 34.0 Å². The maximum absolute atomic E-state index is 5.36. The van der Waals surface area contributed by atoms with Crippen LogP contribution >= 0.6 is 12.2 Å². The highest BCUT2D eigenvalue weighted by Crippen LogP contribution is 2.33. The molecule has 1 aromatic carbocycles. The van der Waals surface area contributed by atoms with Crippen molar-refractivity contribution < 1.29 is 4.74 Å². The van der Waals surface area contributed by atoms with Gasteiger partial charge in [0.05, 0.1) is 12.6 Å². The highest BCUT2D eigenvalue weighted by atomic mass is 32.1. The Morgan fingerprint density at radius 2 is 2.31 bits per heavy atom. The maximum atomic E-state index is 5.36. The van der Waals surface area contributed by atoms with E-state index >= 15 is 0 Å². The molecule has 0 atom stereocenters. The summed E-state index contributed by atoms with van der Waals surface area (Å²) in [6.45, 7) is 1.03. The molecule has 1 heterocycles. The van der Waals surface area contributed by atoms with Crippen LogP contribution in [0.5, 0.6) is 5.75 Å². The van der Waals surface area contributed by atoms with E-state index in [9.17, 15) is 0 Å². The van der Waals surface area contributed by atoms with Crippen LogP contribution in [0.4, 0.5) is 0 Å². The van der Waals surface area contributed by atoms with Gasteiger partial charge in [-0.3, -0.25) is 0 Å². The lowest BCUT2D eigenvalue weighted by Crippen LogP contribution is -1.99. The summed E-state index contributed by atoms with van der Waals surface area (Å²) in [4.78, 5) is 3.23. The predicted octanol–water partition coefficient (Wildman–Crippen LogP) is 3.12. The molecular formula is C12H14N2OS. The first-order valence-corrected chi connectivity index (χ1v) is 5.96. The number of hydrogen-bond acceptors (Lipinski definition) is 2. The zero-order valence-corrected chi connectivity index (χ0v) is 10.0. The lowest BCUT2D eigenvalue weighted by molar-refractivity contribution is 0.419. The summed E-state index contributed by atoms with van der Waals surface area (Å²) in [5.74, 6) is 1.68. The summed E-state index contributed by atoms with van der Waals surface area (Å²) < 4.78 is 8.31. The number of fused-ring (bicyclic) bond motifs is 1. The fourth-order valence-electron chi connectivity index (χ4n) is 2.06. The van der Waals surface area contributed by atoms with Gasteiger partial charge in [-0.1, -0.05) is 6.07 Å². The van der Waals surface area contributed by atoms with Crippen LogP contribution in [0.25, 0.3) is 11.0 Å². The minimum atomic E-state index is 0.798. The first kappa shape index (κ1) is 9.90. The molecule has 16 heavy (non-hydrogen) atoms. The smallest absolute Gasteiger partial charge is 0.178 e. The van der Waals surface area contributed by atoms with E-state index in [-0.39, 0.29) is 0 Å². The van der Waals surface area contributed by atoms with Gasteiger partial charge in [-0.25, -0.2) is 0 Å². The Balaban J connectivity index is 2.19. The molecule has 1 aliphatic rings. The van der Waals surface area contributed by atoms with Crippen LogP contribution in [0.1, 0.15) is 12.8 Å². The third kappa shape index (κ3) is 1.53. The van der Waals surface area contributed by atoms with Crippen molar-refractivity contribution in [1.29, 1.82) is 0 Å². The van der Waals surface area contributed by atoms with Crippen molar-refractivity contribution in [1.82, 2.24) is 9.55 Å². The van der Waals surface area contributed by atoms with E-state index in [1.165, 1.54) is 12.8 Å². The first-order valence-electron chi connectivity index (χ1n) is 5.55. The monoisotopic (exact) mass is 234 g/mol. The number of nitrogens with one attached hydrogen (secondary N) is 1. The van der Waals surface area contributed by atoms with Crippen LogP contribution in [0.2, 0.25) is 0 Å². The van der Waals surface area contributed by atoms with Gasteiger partial charge < -0.3 is 14.3 Å². The molecule has 1 aliphatic carbocycles. The molecule has 1 saturated carbocycles. The van der Waals surface area contributed by atoms with Crippen LogP contribution in [-0.2, 0) is 6.54 Å². The molecule has 3 nitrogen and oxygen atoms in total. The van der Waals surface area contributed by atoms with E-state index in [0.29, 0.717) is 0 Å². The van der Waals surface area contributed by atoms with Gasteiger partial charge in [-0.15, -0.1) is 0 Å². The van der Waals surface area contributed by atoms with Crippen molar-refractivity contribution in [3.8, 4) is 5.75 Å². The van der Waals surface area contributed by atoms with Crippen molar-refractivity contribution in [2.24, 2.45) is 5.92 Å². The quantitative estimate of drug-likeness (QED) is 0.827. The number of benzene rings is 1. The Hall–Kier alpha value is -1.29. The van der Waals surface area contributed by atoms with E-state index in [2.05, 4.69) is 15.6 Å². The molecule has 0 saturated heterocycles. The van der Waals surface area contributed by atoms with Crippen molar-refractivity contribution in [3.05, 3.63) is 23.0 Å². The van der Waals surface area contributed by atoms with Crippen molar-refractivity contribution in [3.63, 3.8) is 0 Å². The highest BCUT2D eigenvalue weighted by Gasteiger charge is 2.23. The molecule has 0 bridgehead atoms. The Morgan fingerprint density at radius 3 is 3.00 bits per heavy atom. The summed E-state index contributed by atoms with van der Waals surface area (Å²) in [5.41, 5.74) is 2.16. The molecule has 0 amide bonds. The number of ether oxygens (including phenoxy) is 1. The van der Waals surface area contributed by atoms with Crippen molar-refractivity contribution in [2.75, 3.05) is 7.11 Å². The Bertz CT molecular complexity index is 580. The molecule has 0 aliphatic heterocycles. The van der Waals surface area contributed by atoms with Crippen LogP contribution in [-0.4, -0.2) is 16.7 Å². The van der Waals surface area contributed by atoms with Crippen LogP contribution < -0.4 is 4.74 Å². The fourth-order valence-corrected chi connectivity index (χ4v) is 2.34. The minimum absolute atomic E-state index is 0.798. The second-order valence-electron chi connectivity index (χ2n) is 4.34. The molecule has 2 aromatic rings. The number of aromatic amines is 1. The lowest BCUT2D eigenvalue weighted by Gasteiger charge is -2.04. The van der Waals surface area contributed by atoms with Gasteiger partial charge in [-0.2, -0.15) is 0 Å². The molecule has 84 valence electrons. The zero-order chi connectivity index (χ0) is 11.1. The lowest BCUT2D eigenvalue weighted by atomic mass is 10.3. The topological polar surface area (TPSA) is 29.9 Å². The van der Waals surface area contributed by atoms with E-state index in [1.54, 1.807) is 7.11 Å². The number of hydrogen-bond donors (Lipinski definition) is 1. The summed E-state index contributed by atoms with van der Waals surface area (Å²) in [6.07, 6.45) is 2.66. The molecular weight excluding hydrogens is 220 g/mol. The Labute approximate surface area is 99.0 Å². The number of imidazole rings is 1. The standard InChI is InChI=1S/C12H14N2OS/c1-15-10-4-2-3-9-11(10)13-12(16)14(9)7-8-5-6-8/h2-4,8H,5-7H2,1H3,(H,13,16). The second kappa shape index (κ2) is 3.63. The number of nitrogens with zero attached hydrogens (tertiary/aromatic N) is 1. The highest BCUT2D eigenvalue weighted by molar-refractivity contribution is 7.71. The largest absolute Gasteiger partial charge is 0.494 e. The molecule has 1 fully saturated rings. The summed E-state index contributed by atoms with van der Waals surface area (Å²) in [7, 11) is 1.68. The Morgan fingerprint density at radius 1 is 1.50 bits per heavy atom. The maximum Gasteiger partial charge on any atom is 0.178 e. The second-order valence-corrected chi connectivity index (χ2v) is 4.73. The molecule has 1 aromatic heterocycles. The number of methoxy groups -OCH3 is 1. The molecule has 4 heteroatoms. The predicted molar refractivity (Wildman–Crippen MR) is 66.4 cm³/mol. The SMILES string of the molecule is COc1cccc2c1[nH]c(=S)n2CC1CC1. The van der Waals surface area contributed by atoms with E-state index < -0.39 is 0 Å². The van der Waals surface area contributed by atoms with Gasteiger partial charge in [-0.05, 0) is 43.1 Å². The van der Waals surface area contributed by atoms with Crippen LogP contribution in [0, 0.1) is 10.7 Å². The van der Waals surface area contributed by atoms with Crippen molar-refractivity contribution in [2.45, 2.75) is 19.4 Å². The first-order chi connectivity index (χ1) is 7.79. The van der Waals surface area contributed by atoms with Gasteiger partial charge in [0.2, 0.25) is 0 Å². The number of aromatic nitrogens is 2. The third-order valence-electron chi connectivity index (χ3n) is 3.13. The normalized spacial score (nSPS) is 15.6. The van der Waals surface area contributed by atoms with Gasteiger partial charge >= 0.3 is 0 Å². The Kier molecular flexibility index (Phi) is 2.24. The third-order valence-corrected chi connectivity index (χ3v) is 3.45. The van der Waals surface area contributed by atoms with Gasteiger partial charge in [0, 0.05) is 6.54 Å². The number of H-pyrrole nitrogens is 1. The summed E-state index contributed by atoms with van der Waals surface area (Å²) in [5, 5.41) is 0. The zero-order valence-electron chi connectivity index (χ0n) is 9.19. The summed E-state index contributed by atoms with van der Waals surface area (Å²) >= 11 is 5.36. The van der Waals surface area contributed by atoms with E-state index in [4.69, 9.17) is 17.0 Å². The van der Waals surface area contributed by atoms with Gasteiger partial charge in [0.1, 0.15) is 11.3 Å². The molecule has 0 spiro atoms. The van der Waals surface area contributed by atoms with Gasteiger partial charge in [0.15, 0.2) is 4.77 Å². The minimum Gasteiger partial charge on any atom is -0.494 e.